The second-order valence-corrected chi connectivity index (χ2v) is 6.48. The van der Waals surface area contributed by atoms with Gasteiger partial charge in [0, 0.05) is 6.92 Å². The summed E-state index contributed by atoms with van der Waals surface area (Å²) in [6.07, 6.45) is 2.29. The highest BCUT2D eigenvalue weighted by Crippen LogP contribution is 2.41. The number of amides is 1. The van der Waals surface area contributed by atoms with Crippen LogP contribution in [0.15, 0.2) is 60.9 Å². The fraction of sp³-hybridized carbons (Fsp3) is 0.250. The molecule has 0 unspecified atom stereocenters. The van der Waals surface area contributed by atoms with Gasteiger partial charge in [0.1, 0.15) is 6.33 Å². The number of nitrogens with zero attached hydrogens (tertiary/aromatic N) is 4. The molecule has 25 heavy (non-hydrogen) atoms. The standard InChI is InChI=1S/C20H20N4O/c1-14-8-10-17(11-9-14)18-12-19(16-6-4-3-5-7-16)24-20(21-13-22-24)23(18)15(2)25/h3-11,13,18-19H,12H2,1-2H3/t18-,19+/m0/s1. The van der Waals surface area contributed by atoms with Gasteiger partial charge in [-0.2, -0.15) is 10.1 Å². The van der Waals surface area contributed by atoms with Gasteiger partial charge in [-0.15, -0.1) is 0 Å². The summed E-state index contributed by atoms with van der Waals surface area (Å²) in [5.41, 5.74) is 3.50. The Hall–Kier alpha value is -2.95. The fourth-order valence-corrected chi connectivity index (χ4v) is 3.58. The molecule has 1 aliphatic heterocycles. The van der Waals surface area contributed by atoms with Crippen LogP contribution in [0.3, 0.4) is 0 Å². The summed E-state index contributed by atoms with van der Waals surface area (Å²) < 4.78 is 1.86. The average molecular weight is 332 g/mol. The number of carbonyl (C=O) groups excluding carboxylic acids is 1. The van der Waals surface area contributed by atoms with Crippen molar-refractivity contribution in [3.63, 3.8) is 0 Å². The summed E-state index contributed by atoms with van der Waals surface area (Å²) in [6.45, 7) is 3.65. The molecule has 3 aromatic rings. The van der Waals surface area contributed by atoms with Gasteiger partial charge < -0.3 is 0 Å². The first-order chi connectivity index (χ1) is 12.1. The Morgan fingerprint density at radius 3 is 2.36 bits per heavy atom. The van der Waals surface area contributed by atoms with Crippen LogP contribution in [0.25, 0.3) is 0 Å². The SMILES string of the molecule is CC(=O)N1c2ncnn2[C@@H](c2ccccc2)C[C@H]1c1ccc(C)cc1. The molecule has 5 nitrogen and oxygen atoms in total. The molecular formula is C20H20N4O. The third kappa shape index (κ3) is 2.71. The molecule has 1 aromatic heterocycles. The largest absolute Gasteiger partial charge is 0.275 e. The van der Waals surface area contributed by atoms with Gasteiger partial charge in [-0.05, 0) is 24.5 Å². The molecule has 0 N–H and O–H groups in total. The van der Waals surface area contributed by atoms with E-state index in [0.717, 1.165) is 12.0 Å². The van der Waals surface area contributed by atoms with Gasteiger partial charge in [0.25, 0.3) is 0 Å². The Bertz CT molecular complexity index is 886. The van der Waals surface area contributed by atoms with E-state index >= 15 is 0 Å². The van der Waals surface area contributed by atoms with Crippen molar-refractivity contribution in [1.29, 1.82) is 0 Å². The smallest absolute Gasteiger partial charge is 0.231 e. The van der Waals surface area contributed by atoms with Crippen LogP contribution < -0.4 is 4.90 Å². The molecule has 2 aromatic carbocycles. The fourth-order valence-electron chi connectivity index (χ4n) is 3.58. The Morgan fingerprint density at radius 1 is 1.00 bits per heavy atom. The number of carbonyl (C=O) groups is 1. The highest BCUT2D eigenvalue weighted by atomic mass is 16.2. The maximum absolute atomic E-state index is 12.4. The number of hydrogen-bond acceptors (Lipinski definition) is 3. The Labute approximate surface area is 146 Å². The minimum Gasteiger partial charge on any atom is -0.275 e. The van der Waals surface area contributed by atoms with E-state index in [1.807, 2.05) is 22.9 Å². The number of aryl methyl sites for hydroxylation is 1. The molecule has 5 heteroatoms. The molecular weight excluding hydrogens is 312 g/mol. The van der Waals surface area contributed by atoms with E-state index in [1.54, 1.807) is 11.8 Å². The first-order valence-corrected chi connectivity index (χ1v) is 8.46. The molecule has 2 heterocycles. The summed E-state index contributed by atoms with van der Waals surface area (Å²) in [6, 6.07) is 18.7. The van der Waals surface area contributed by atoms with Gasteiger partial charge in [-0.3, -0.25) is 9.69 Å². The number of rotatable bonds is 2. The molecule has 0 fully saturated rings. The number of hydrogen-bond donors (Lipinski definition) is 0. The maximum atomic E-state index is 12.4. The number of aromatic nitrogens is 3. The summed E-state index contributed by atoms with van der Waals surface area (Å²) in [5, 5.41) is 4.40. The van der Waals surface area contributed by atoms with Gasteiger partial charge in [-0.1, -0.05) is 60.2 Å². The van der Waals surface area contributed by atoms with Crippen molar-refractivity contribution in [2.24, 2.45) is 0 Å². The predicted molar refractivity (Wildman–Crippen MR) is 96.3 cm³/mol. The van der Waals surface area contributed by atoms with E-state index < -0.39 is 0 Å². The molecule has 0 saturated heterocycles. The summed E-state index contributed by atoms with van der Waals surface area (Å²) in [5.74, 6) is 0.588. The minimum absolute atomic E-state index is 0.0219. The number of benzene rings is 2. The first-order valence-electron chi connectivity index (χ1n) is 8.46. The molecule has 0 spiro atoms. The lowest BCUT2D eigenvalue weighted by molar-refractivity contribution is -0.117. The van der Waals surface area contributed by atoms with Gasteiger partial charge >= 0.3 is 0 Å². The molecule has 0 saturated carbocycles. The van der Waals surface area contributed by atoms with Crippen LogP contribution in [0.5, 0.6) is 0 Å². The van der Waals surface area contributed by atoms with E-state index in [9.17, 15) is 4.79 Å². The van der Waals surface area contributed by atoms with Gasteiger partial charge in [0.15, 0.2) is 0 Å². The molecule has 1 amide bonds. The van der Waals surface area contributed by atoms with Crippen molar-refractivity contribution >= 4 is 11.9 Å². The Morgan fingerprint density at radius 2 is 1.68 bits per heavy atom. The normalized spacial score (nSPS) is 19.5. The summed E-state index contributed by atoms with van der Waals surface area (Å²) in [7, 11) is 0. The van der Waals surface area contributed by atoms with Crippen molar-refractivity contribution < 1.29 is 4.79 Å². The first kappa shape index (κ1) is 15.6. The van der Waals surface area contributed by atoms with Crippen molar-refractivity contribution in [2.45, 2.75) is 32.4 Å². The average Bonchev–Trinajstić information content (AvgIpc) is 3.11. The molecule has 0 radical (unpaired) electrons. The third-order valence-corrected chi connectivity index (χ3v) is 4.81. The van der Waals surface area contributed by atoms with Crippen LogP contribution >= 0.6 is 0 Å². The van der Waals surface area contributed by atoms with Crippen molar-refractivity contribution in [2.75, 3.05) is 4.90 Å². The van der Waals surface area contributed by atoms with Gasteiger partial charge in [0.05, 0.1) is 12.1 Å². The van der Waals surface area contributed by atoms with Crippen LogP contribution in [-0.4, -0.2) is 20.7 Å². The second kappa shape index (κ2) is 6.16. The van der Waals surface area contributed by atoms with Gasteiger partial charge in [0.2, 0.25) is 11.9 Å². The van der Waals surface area contributed by atoms with Crippen molar-refractivity contribution in [1.82, 2.24) is 14.8 Å². The zero-order valence-corrected chi connectivity index (χ0v) is 14.3. The highest BCUT2D eigenvalue weighted by Gasteiger charge is 2.37. The number of anilines is 1. The number of fused-ring (bicyclic) bond motifs is 1. The Kier molecular flexibility index (Phi) is 3.84. The van der Waals surface area contributed by atoms with Crippen LogP contribution in [0.4, 0.5) is 5.95 Å². The van der Waals surface area contributed by atoms with E-state index in [1.165, 1.54) is 17.5 Å². The summed E-state index contributed by atoms with van der Waals surface area (Å²) >= 11 is 0. The van der Waals surface area contributed by atoms with E-state index in [2.05, 4.69) is 53.4 Å². The van der Waals surface area contributed by atoms with E-state index in [4.69, 9.17) is 0 Å². The third-order valence-electron chi connectivity index (χ3n) is 4.81. The zero-order valence-electron chi connectivity index (χ0n) is 14.3. The predicted octanol–water partition coefficient (Wildman–Crippen LogP) is 3.67. The van der Waals surface area contributed by atoms with E-state index in [-0.39, 0.29) is 18.0 Å². The topological polar surface area (TPSA) is 51.0 Å². The lowest BCUT2D eigenvalue weighted by Crippen LogP contribution is -2.41. The minimum atomic E-state index is -0.0555. The van der Waals surface area contributed by atoms with E-state index in [0.29, 0.717) is 5.95 Å². The highest BCUT2D eigenvalue weighted by molar-refractivity contribution is 5.90. The van der Waals surface area contributed by atoms with Gasteiger partial charge in [-0.25, -0.2) is 4.68 Å². The molecule has 1 aliphatic rings. The molecule has 0 bridgehead atoms. The van der Waals surface area contributed by atoms with Crippen molar-refractivity contribution in [3.05, 3.63) is 77.6 Å². The zero-order chi connectivity index (χ0) is 17.4. The monoisotopic (exact) mass is 332 g/mol. The Balaban J connectivity index is 1.84. The molecule has 126 valence electrons. The second-order valence-electron chi connectivity index (χ2n) is 6.48. The quantitative estimate of drug-likeness (QED) is 0.719. The van der Waals surface area contributed by atoms with Crippen LogP contribution in [0, 0.1) is 6.92 Å². The molecule has 2 atom stereocenters. The lowest BCUT2D eigenvalue weighted by Gasteiger charge is -2.38. The van der Waals surface area contributed by atoms with Crippen molar-refractivity contribution in [3.8, 4) is 0 Å². The van der Waals surface area contributed by atoms with Crippen LogP contribution in [-0.2, 0) is 4.79 Å². The molecule has 4 rings (SSSR count). The maximum Gasteiger partial charge on any atom is 0.231 e. The lowest BCUT2D eigenvalue weighted by atomic mass is 9.91. The van der Waals surface area contributed by atoms with Crippen LogP contribution in [0.2, 0.25) is 0 Å². The molecule has 0 aliphatic carbocycles. The summed E-state index contributed by atoms with van der Waals surface area (Å²) in [4.78, 5) is 18.5. The van der Waals surface area contributed by atoms with Crippen LogP contribution in [0.1, 0.15) is 42.1 Å².